The maximum atomic E-state index is 12.7. The summed E-state index contributed by atoms with van der Waals surface area (Å²) in [5, 5.41) is 3.49. The van der Waals surface area contributed by atoms with Gasteiger partial charge in [0, 0.05) is 24.5 Å². The van der Waals surface area contributed by atoms with E-state index in [1.54, 1.807) is 11.3 Å². The minimum absolute atomic E-state index is 0.287. The molecular weight excluding hydrogens is 280 g/mol. The first kappa shape index (κ1) is 13.8. The molecule has 1 amide bonds. The Hall–Kier alpha value is -0.870. The van der Waals surface area contributed by atoms with E-state index in [-0.39, 0.29) is 5.91 Å². The van der Waals surface area contributed by atoms with E-state index in [0.717, 1.165) is 31.1 Å². The van der Waals surface area contributed by atoms with Gasteiger partial charge in [-0.3, -0.25) is 4.79 Å². The van der Waals surface area contributed by atoms with Crippen LogP contribution in [0.1, 0.15) is 52.2 Å². The van der Waals surface area contributed by atoms with Gasteiger partial charge >= 0.3 is 0 Å². The third-order valence-electron chi connectivity index (χ3n) is 5.65. The molecule has 3 nitrogen and oxygen atoms in total. The fourth-order valence-electron chi connectivity index (χ4n) is 4.16. The van der Waals surface area contributed by atoms with Crippen molar-refractivity contribution in [2.45, 2.75) is 44.9 Å². The van der Waals surface area contributed by atoms with Crippen LogP contribution in [0.4, 0.5) is 0 Å². The Morgan fingerprint density at radius 1 is 1.19 bits per heavy atom. The van der Waals surface area contributed by atoms with Gasteiger partial charge in [0.1, 0.15) is 0 Å². The second kappa shape index (κ2) is 5.40. The molecule has 2 saturated heterocycles. The Morgan fingerprint density at radius 2 is 2.00 bits per heavy atom. The number of likely N-dealkylation sites (tertiary alicyclic amines) is 1. The molecule has 2 fully saturated rings. The van der Waals surface area contributed by atoms with Crippen LogP contribution in [-0.2, 0) is 12.8 Å². The number of carbonyl (C=O) groups is 1. The lowest BCUT2D eigenvalue weighted by Crippen LogP contribution is -2.43. The topological polar surface area (TPSA) is 32.3 Å². The molecule has 4 rings (SSSR count). The van der Waals surface area contributed by atoms with Gasteiger partial charge in [-0.05, 0) is 68.5 Å². The first-order valence-electron chi connectivity index (χ1n) is 8.37. The molecule has 0 bridgehead atoms. The van der Waals surface area contributed by atoms with Gasteiger partial charge < -0.3 is 10.2 Å². The van der Waals surface area contributed by atoms with Gasteiger partial charge in [0.25, 0.3) is 5.91 Å². The lowest BCUT2D eigenvalue weighted by molar-refractivity contribution is 0.0612. The van der Waals surface area contributed by atoms with E-state index in [2.05, 4.69) is 16.3 Å². The van der Waals surface area contributed by atoms with Crippen LogP contribution in [0.25, 0.3) is 0 Å². The number of aryl methyl sites for hydroxylation is 2. The molecule has 0 radical (unpaired) electrons. The van der Waals surface area contributed by atoms with Crippen molar-refractivity contribution in [2.24, 2.45) is 5.41 Å². The summed E-state index contributed by atoms with van der Waals surface area (Å²) in [4.78, 5) is 17.3. The van der Waals surface area contributed by atoms with Gasteiger partial charge in [-0.2, -0.15) is 0 Å². The summed E-state index contributed by atoms with van der Waals surface area (Å²) >= 11 is 1.76. The highest BCUT2D eigenvalue weighted by molar-refractivity contribution is 7.14. The van der Waals surface area contributed by atoms with Crippen molar-refractivity contribution in [1.82, 2.24) is 10.2 Å². The number of hydrogen-bond donors (Lipinski definition) is 1. The minimum atomic E-state index is 0.287. The molecule has 2 aliphatic heterocycles. The van der Waals surface area contributed by atoms with Crippen LogP contribution >= 0.6 is 11.3 Å². The number of rotatable bonds is 1. The number of hydrogen-bond acceptors (Lipinski definition) is 3. The molecule has 1 aromatic heterocycles. The summed E-state index contributed by atoms with van der Waals surface area (Å²) in [5.74, 6) is 0.287. The molecule has 3 heterocycles. The van der Waals surface area contributed by atoms with Gasteiger partial charge in [0.2, 0.25) is 0 Å². The third kappa shape index (κ3) is 2.53. The van der Waals surface area contributed by atoms with Crippen LogP contribution in [-0.4, -0.2) is 37.0 Å². The summed E-state index contributed by atoms with van der Waals surface area (Å²) in [7, 11) is 0. The molecule has 0 atom stereocenters. The fraction of sp³-hybridized carbons (Fsp3) is 0.706. The van der Waals surface area contributed by atoms with Gasteiger partial charge in [-0.25, -0.2) is 0 Å². The minimum Gasteiger partial charge on any atom is -0.338 e. The summed E-state index contributed by atoms with van der Waals surface area (Å²) in [6.45, 7) is 4.21. The molecule has 114 valence electrons. The number of thiophene rings is 1. The SMILES string of the molecule is O=C(c1cc2c(s1)CCCC2)N1CCC2(CCNC2)CC1. The lowest BCUT2D eigenvalue weighted by Gasteiger charge is -2.38. The lowest BCUT2D eigenvalue weighted by atomic mass is 9.78. The van der Waals surface area contributed by atoms with Crippen molar-refractivity contribution >= 4 is 17.2 Å². The van der Waals surface area contributed by atoms with Crippen molar-refractivity contribution in [1.29, 1.82) is 0 Å². The highest BCUT2D eigenvalue weighted by Gasteiger charge is 2.38. The average Bonchev–Trinajstić information content (AvgIpc) is 3.14. The summed E-state index contributed by atoms with van der Waals surface area (Å²) in [5.41, 5.74) is 1.94. The van der Waals surface area contributed by atoms with E-state index in [0.29, 0.717) is 5.41 Å². The van der Waals surface area contributed by atoms with Gasteiger partial charge in [-0.15, -0.1) is 11.3 Å². The standard InChI is InChI=1S/C17H24N2OS/c20-16(15-11-13-3-1-2-4-14(13)21-15)19-9-6-17(7-10-19)5-8-18-12-17/h11,18H,1-10,12H2. The molecule has 1 aliphatic carbocycles. The first-order valence-corrected chi connectivity index (χ1v) is 9.19. The van der Waals surface area contributed by atoms with Crippen molar-refractivity contribution in [3.05, 3.63) is 21.4 Å². The van der Waals surface area contributed by atoms with E-state index in [4.69, 9.17) is 0 Å². The molecule has 0 aromatic carbocycles. The number of piperidine rings is 1. The molecule has 4 heteroatoms. The molecule has 1 aromatic rings. The smallest absolute Gasteiger partial charge is 0.263 e. The highest BCUT2D eigenvalue weighted by Crippen LogP contribution is 2.38. The van der Waals surface area contributed by atoms with Crippen LogP contribution in [0.2, 0.25) is 0 Å². The second-order valence-corrected chi connectivity index (χ2v) is 8.12. The molecule has 21 heavy (non-hydrogen) atoms. The third-order valence-corrected chi connectivity index (χ3v) is 6.88. The van der Waals surface area contributed by atoms with Crippen LogP contribution in [0.3, 0.4) is 0 Å². The summed E-state index contributed by atoms with van der Waals surface area (Å²) in [6, 6.07) is 2.18. The van der Waals surface area contributed by atoms with E-state index >= 15 is 0 Å². The van der Waals surface area contributed by atoms with E-state index in [1.807, 2.05) is 0 Å². The predicted molar refractivity (Wildman–Crippen MR) is 86.0 cm³/mol. The number of nitrogens with zero attached hydrogens (tertiary/aromatic N) is 1. The normalized spacial score (nSPS) is 24.3. The summed E-state index contributed by atoms with van der Waals surface area (Å²) in [6.07, 6.45) is 8.59. The summed E-state index contributed by atoms with van der Waals surface area (Å²) < 4.78 is 0. The van der Waals surface area contributed by atoms with Crippen LogP contribution in [0.5, 0.6) is 0 Å². The molecule has 1 spiro atoms. The number of carbonyl (C=O) groups excluding carboxylic acids is 1. The molecule has 0 saturated carbocycles. The van der Waals surface area contributed by atoms with E-state index in [1.165, 1.54) is 55.4 Å². The average molecular weight is 304 g/mol. The Kier molecular flexibility index (Phi) is 3.54. The Bertz CT molecular complexity index is 511. The maximum absolute atomic E-state index is 12.7. The molecular formula is C17H24N2OS. The Balaban J connectivity index is 1.44. The fourth-order valence-corrected chi connectivity index (χ4v) is 5.38. The Morgan fingerprint density at radius 3 is 2.71 bits per heavy atom. The van der Waals surface area contributed by atoms with Gasteiger partial charge in [-0.1, -0.05) is 0 Å². The Labute approximate surface area is 130 Å². The quantitative estimate of drug-likeness (QED) is 0.865. The molecule has 3 aliphatic rings. The second-order valence-electron chi connectivity index (χ2n) is 6.99. The van der Waals surface area contributed by atoms with Crippen molar-refractivity contribution in [3.63, 3.8) is 0 Å². The number of amides is 1. The van der Waals surface area contributed by atoms with Crippen molar-refractivity contribution in [2.75, 3.05) is 26.2 Å². The zero-order chi connectivity index (χ0) is 14.3. The van der Waals surface area contributed by atoms with Gasteiger partial charge in [0.05, 0.1) is 4.88 Å². The van der Waals surface area contributed by atoms with E-state index in [9.17, 15) is 4.79 Å². The zero-order valence-corrected chi connectivity index (χ0v) is 13.4. The van der Waals surface area contributed by atoms with Crippen molar-refractivity contribution < 1.29 is 4.79 Å². The molecule has 1 N–H and O–H groups in total. The molecule has 0 unspecified atom stereocenters. The predicted octanol–water partition coefficient (Wildman–Crippen LogP) is 2.84. The van der Waals surface area contributed by atoms with Crippen molar-refractivity contribution in [3.8, 4) is 0 Å². The number of fused-ring (bicyclic) bond motifs is 1. The maximum Gasteiger partial charge on any atom is 0.263 e. The highest BCUT2D eigenvalue weighted by atomic mass is 32.1. The van der Waals surface area contributed by atoms with E-state index < -0.39 is 0 Å². The van der Waals surface area contributed by atoms with Crippen LogP contribution in [0, 0.1) is 5.41 Å². The zero-order valence-electron chi connectivity index (χ0n) is 12.6. The largest absolute Gasteiger partial charge is 0.338 e. The number of nitrogens with one attached hydrogen (secondary N) is 1. The van der Waals surface area contributed by atoms with Crippen LogP contribution < -0.4 is 5.32 Å². The monoisotopic (exact) mass is 304 g/mol. The van der Waals surface area contributed by atoms with Gasteiger partial charge in [0.15, 0.2) is 0 Å². The van der Waals surface area contributed by atoms with Crippen LogP contribution in [0.15, 0.2) is 6.07 Å². The first-order chi connectivity index (χ1) is 10.3.